The molecule has 80 valence electrons. The van der Waals surface area contributed by atoms with Crippen molar-refractivity contribution in [3.05, 3.63) is 12.4 Å². The average molecular weight is 196 g/mol. The predicted octanol–water partition coefficient (Wildman–Crippen LogP) is 1.30. The molecule has 0 unspecified atom stereocenters. The van der Waals surface area contributed by atoms with E-state index >= 15 is 0 Å². The number of aromatic nitrogens is 3. The third-order valence-corrected chi connectivity index (χ3v) is 2.11. The Morgan fingerprint density at radius 3 is 2.86 bits per heavy atom. The molecule has 0 saturated heterocycles. The summed E-state index contributed by atoms with van der Waals surface area (Å²) in [6.07, 6.45) is 5.98. The van der Waals surface area contributed by atoms with Crippen LogP contribution in [0, 0.1) is 5.92 Å². The minimum Gasteiger partial charge on any atom is -0.317 e. The molecule has 1 aromatic rings. The van der Waals surface area contributed by atoms with Crippen molar-refractivity contribution in [3.8, 4) is 0 Å². The molecule has 0 aromatic carbocycles. The van der Waals surface area contributed by atoms with Crippen molar-refractivity contribution in [1.29, 1.82) is 0 Å². The Morgan fingerprint density at radius 1 is 1.36 bits per heavy atom. The van der Waals surface area contributed by atoms with Crippen molar-refractivity contribution < 1.29 is 0 Å². The fraction of sp³-hybridized carbons (Fsp3) is 0.800. The quantitative estimate of drug-likeness (QED) is 0.668. The Labute approximate surface area is 85.7 Å². The molecule has 1 N–H and O–H groups in total. The molecule has 0 saturated carbocycles. The molecule has 0 spiro atoms. The van der Waals surface area contributed by atoms with Crippen LogP contribution < -0.4 is 5.32 Å². The first-order valence-corrected chi connectivity index (χ1v) is 5.34. The van der Waals surface area contributed by atoms with Crippen molar-refractivity contribution >= 4 is 0 Å². The van der Waals surface area contributed by atoms with Gasteiger partial charge in [-0.05, 0) is 31.8 Å². The van der Waals surface area contributed by atoms with Gasteiger partial charge in [0.2, 0.25) is 0 Å². The highest BCUT2D eigenvalue weighted by atomic mass is 15.4. The summed E-state index contributed by atoms with van der Waals surface area (Å²) in [5, 5.41) is 11.1. The lowest BCUT2D eigenvalue weighted by molar-refractivity contribution is 0.500. The Hall–Kier alpha value is -0.900. The summed E-state index contributed by atoms with van der Waals surface area (Å²) in [6.45, 7) is 7.63. The Morgan fingerprint density at radius 2 is 2.21 bits per heavy atom. The molecule has 1 rings (SSSR count). The highest BCUT2D eigenvalue weighted by Gasteiger charge is 1.94. The summed E-state index contributed by atoms with van der Waals surface area (Å²) >= 11 is 0. The van der Waals surface area contributed by atoms with Crippen LogP contribution >= 0.6 is 0 Å². The van der Waals surface area contributed by atoms with Crippen LogP contribution in [0.4, 0.5) is 0 Å². The predicted molar refractivity (Wildman–Crippen MR) is 57.0 cm³/mol. The van der Waals surface area contributed by atoms with E-state index in [9.17, 15) is 0 Å². The van der Waals surface area contributed by atoms with E-state index in [1.54, 1.807) is 6.20 Å². The lowest BCUT2D eigenvalue weighted by Gasteiger charge is -2.06. The second-order valence-electron chi connectivity index (χ2n) is 3.95. The largest absolute Gasteiger partial charge is 0.317 e. The van der Waals surface area contributed by atoms with E-state index in [4.69, 9.17) is 0 Å². The summed E-state index contributed by atoms with van der Waals surface area (Å²) in [5.74, 6) is 0.790. The van der Waals surface area contributed by atoms with E-state index < -0.39 is 0 Å². The first-order valence-electron chi connectivity index (χ1n) is 5.34. The monoisotopic (exact) mass is 196 g/mol. The number of hydrogen-bond acceptors (Lipinski definition) is 3. The van der Waals surface area contributed by atoms with Crippen molar-refractivity contribution in [3.63, 3.8) is 0 Å². The van der Waals surface area contributed by atoms with Gasteiger partial charge in [0.25, 0.3) is 0 Å². The summed E-state index contributed by atoms with van der Waals surface area (Å²) in [7, 11) is 0. The van der Waals surface area contributed by atoms with Crippen molar-refractivity contribution in [2.45, 2.75) is 33.2 Å². The number of nitrogens with zero attached hydrogens (tertiary/aromatic N) is 3. The third kappa shape index (κ3) is 4.97. The summed E-state index contributed by atoms with van der Waals surface area (Å²) in [4.78, 5) is 0. The van der Waals surface area contributed by atoms with Gasteiger partial charge in [-0.15, -0.1) is 5.10 Å². The van der Waals surface area contributed by atoms with Crippen LogP contribution in [-0.4, -0.2) is 28.1 Å². The maximum absolute atomic E-state index is 3.90. The number of nitrogens with one attached hydrogen (secondary N) is 1. The Kier molecular flexibility index (Phi) is 5.22. The minimum absolute atomic E-state index is 0.790. The zero-order valence-electron chi connectivity index (χ0n) is 9.11. The average Bonchev–Trinajstić information content (AvgIpc) is 2.63. The molecule has 14 heavy (non-hydrogen) atoms. The number of aryl methyl sites for hydroxylation is 1. The van der Waals surface area contributed by atoms with Crippen molar-refractivity contribution in [2.24, 2.45) is 5.92 Å². The van der Waals surface area contributed by atoms with Crippen LogP contribution in [0.2, 0.25) is 0 Å². The van der Waals surface area contributed by atoms with Gasteiger partial charge in [-0.2, -0.15) is 0 Å². The molecule has 0 bridgehead atoms. The molecule has 4 nitrogen and oxygen atoms in total. The van der Waals surface area contributed by atoms with E-state index in [1.807, 2.05) is 10.9 Å². The van der Waals surface area contributed by atoms with Crippen LogP contribution in [-0.2, 0) is 6.54 Å². The van der Waals surface area contributed by atoms with Gasteiger partial charge in [-0.3, -0.25) is 4.68 Å². The normalized spacial score (nSPS) is 11.1. The molecule has 0 radical (unpaired) electrons. The molecule has 1 heterocycles. The Balaban J connectivity index is 1.90. The fourth-order valence-corrected chi connectivity index (χ4v) is 1.23. The highest BCUT2D eigenvalue weighted by molar-refractivity contribution is 4.63. The van der Waals surface area contributed by atoms with Gasteiger partial charge in [-0.1, -0.05) is 19.1 Å². The molecular weight excluding hydrogens is 176 g/mol. The van der Waals surface area contributed by atoms with E-state index in [1.165, 1.54) is 6.42 Å². The SMILES string of the molecule is CC(C)CCNCCCn1ccnn1. The van der Waals surface area contributed by atoms with Crippen LogP contribution in [0.3, 0.4) is 0 Å². The van der Waals surface area contributed by atoms with Crippen molar-refractivity contribution in [2.75, 3.05) is 13.1 Å². The van der Waals surface area contributed by atoms with Crippen LogP contribution in [0.15, 0.2) is 12.4 Å². The minimum atomic E-state index is 0.790. The van der Waals surface area contributed by atoms with Gasteiger partial charge in [0.1, 0.15) is 0 Å². The Bertz CT molecular complexity index is 218. The van der Waals surface area contributed by atoms with Crippen LogP contribution in [0.25, 0.3) is 0 Å². The molecule has 0 aliphatic heterocycles. The summed E-state index contributed by atoms with van der Waals surface area (Å²) in [6, 6.07) is 0. The van der Waals surface area contributed by atoms with Gasteiger partial charge in [0.15, 0.2) is 0 Å². The van der Waals surface area contributed by atoms with Crippen LogP contribution in [0.5, 0.6) is 0 Å². The molecule has 0 atom stereocenters. The van der Waals surface area contributed by atoms with E-state index in [0.717, 1.165) is 32.0 Å². The molecule has 0 fully saturated rings. The molecule has 1 aromatic heterocycles. The highest BCUT2D eigenvalue weighted by Crippen LogP contribution is 1.96. The van der Waals surface area contributed by atoms with E-state index in [0.29, 0.717) is 0 Å². The lowest BCUT2D eigenvalue weighted by Crippen LogP contribution is -2.19. The fourth-order valence-electron chi connectivity index (χ4n) is 1.23. The zero-order chi connectivity index (χ0) is 10.2. The number of rotatable bonds is 7. The molecule has 0 amide bonds. The second kappa shape index (κ2) is 6.54. The standard InChI is InChI=1S/C10H20N4/c1-10(2)4-6-11-5-3-8-14-9-7-12-13-14/h7,9-11H,3-6,8H2,1-2H3. The zero-order valence-corrected chi connectivity index (χ0v) is 9.11. The summed E-state index contributed by atoms with van der Waals surface area (Å²) in [5.41, 5.74) is 0. The molecule has 0 aliphatic rings. The van der Waals surface area contributed by atoms with E-state index in [2.05, 4.69) is 29.5 Å². The molecular formula is C10H20N4. The third-order valence-electron chi connectivity index (χ3n) is 2.11. The molecule has 0 aliphatic carbocycles. The van der Waals surface area contributed by atoms with Gasteiger partial charge < -0.3 is 5.32 Å². The lowest BCUT2D eigenvalue weighted by atomic mass is 10.1. The first-order chi connectivity index (χ1) is 6.79. The van der Waals surface area contributed by atoms with Crippen molar-refractivity contribution in [1.82, 2.24) is 20.3 Å². The summed E-state index contributed by atoms with van der Waals surface area (Å²) < 4.78 is 1.87. The topological polar surface area (TPSA) is 42.7 Å². The smallest absolute Gasteiger partial charge is 0.0692 e. The van der Waals surface area contributed by atoms with Gasteiger partial charge in [0, 0.05) is 12.7 Å². The maximum atomic E-state index is 3.90. The maximum Gasteiger partial charge on any atom is 0.0692 e. The second-order valence-corrected chi connectivity index (χ2v) is 3.95. The van der Waals surface area contributed by atoms with Gasteiger partial charge in [-0.25, -0.2) is 0 Å². The van der Waals surface area contributed by atoms with Crippen LogP contribution in [0.1, 0.15) is 26.7 Å². The van der Waals surface area contributed by atoms with Gasteiger partial charge >= 0.3 is 0 Å². The molecule has 4 heteroatoms. The first kappa shape index (κ1) is 11.2. The number of hydrogen-bond donors (Lipinski definition) is 1. The van der Waals surface area contributed by atoms with E-state index in [-0.39, 0.29) is 0 Å². The van der Waals surface area contributed by atoms with Gasteiger partial charge in [0.05, 0.1) is 6.20 Å².